The molecule has 4 heterocycles. The number of piperidine rings is 1. The first-order valence-corrected chi connectivity index (χ1v) is 12.9. The maximum Gasteiger partial charge on any atom is 0.137 e. The molecule has 5 rings (SSSR count). The first-order chi connectivity index (χ1) is 17.3. The van der Waals surface area contributed by atoms with Gasteiger partial charge in [-0.25, -0.2) is 23.7 Å². The molecule has 9 heteroatoms. The number of nitrogens with two attached hydrogens (primary N) is 1. The van der Waals surface area contributed by atoms with E-state index in [1.165, 1.54) is 18.8 Å². The molecule has 2 atom stereocenters. The summed E-state index contributed by atoms with van der Waals surface area (Å²) < 4.78 is 31.8. The van der Waals surface area contributed by atoms with Gasteiger partial charge in [0.25, 0.3) is 0 Å². The maximum atomic E-state index is 15.9. The molecule has 0 spiro atoms. The van der Waals surface area contributed by atoms with Crippen LogP contribution in [-0.2, 0) is 6.54 Å². The van der Waals surface area contributed by atoms with E-state index in [-0.39, 0.29) is 24.2 Å². The SMILES string of the molecule is Cc1cc(-c2cn(CCN3CCC3)c(C3CCN(c4ncnc(N)c4C(C)C)CC3F)n2)ccc1F. The Morgan fingerprint density at radius 3 is 2.61 bits per heavy atom. The van der Waals surface area contributed by atoms with Gasteiger partial charge in [0.05, 0.1) is 18.2 Å². The van der Waals surface area contributed by atoms with Gasteiger partial charge in [-0.2, -0.15) is 0 Å². The van der Waals surface area contributed by atoms with E-state index in [1.807, 2.05) is 31.0 Å². The topological polar surface area (TPSA) is 76.1 Å². The molecule has 0 radical (unpaired) electrons. The van der Waals surface area contributed by atoms with Crippen LogP contribution in [0.15, 0.2) is 30.7 Å². The Kier molecular flexibility index (Phi) is 6.92. The van der Waals surface area contributed by atoms with E-state index in [4.69, 9.17) is 10.7 Å². The maximum absolute atomic E-state index is 15.9. The Labute approximate surface area is 211 Å². The molecular weight excluding hydrogens is 460 g/mol. The van der Waals surface area contributed by atoms with Crippen molar-refractivity contribution in [3.8, 4) is 11.3 Å². The van der Waals surface area contributed by atoms with Crippen molar-refractivity contribution in [1.82, 2.24) is 24.4 Å². The van der Waals surface area contributed by atoms with Gasteiger partial charge in [0.2, 0.25) is 0 Å². The van der Waals surface area contributed by atoms with Crippen molar-refractivity contribution in [2.24, 2.45) is 0 Å². The number of imidazole rings is 1. The number of nitrogens with zero attached hydrogens (tertiary/aromatic N) is 6. The van der Waals surface area contributed by atoms with Gasteiger partial charge in [-0.1, -0.05) is 13.8 Å². The van der Waals surface area contributed by atoms with Crippen molar-refractivity contribution in [3.05, 3.63) is 53.5 Å². The molecule has 2 aliphatic rings. The van der Waals surface area contributed by atoms with Crippen LogP contribution in [0, 0.1) is 12.7 Å². The quantitative estimate of drug-likeness (QED) is 0.519. The molecule has 1 aromatic carbocycles. The smallest absolute Gasteiger partial charge is 0.137 e. The third-order valence-corrected chi connectivity index (χ3v) is 7.51. The average Bonchev–Trinajstić information content (AvgIpc) is 3.23. The van der Waals surface area contributed by atoms with Crippen LogP contribution in [0.4, 0.5) is 20.4 Å². The first-order valence-electron chi connectivity index (χ1n) is 12.9. The fraction of sp³-hybridized carbons (Fsp3) is 0.519. The van der Waals surface area contributed by atoms with Gasteiger partial charge >= 0.3 is 0 Å². The van der Waals surface area contributed by atoms with Crippen LogP contribution < -0.4 is 10.6 Å². The Balaban J connectivity index is 1.41. The fourth-order valence-corrected chi connectivity index (χ4v) is 5.30. The molecule has 2 aromatic heterocycles. The summed E-state index contributed by atoms with van der Waals surface area (Å²) in [6.07, 6.45) is 4.19. The number of anilines is 2. The Bertz CT molecular complexity index is 1220. The van der Waals surface area contributed by atoms with Gasteiger partial charge in [-0.05, 0) is 62.5 Å². The van der Waals surface area contributed by atoms with Crippen molar-refractivity contribution >= 4 is 11.6 Å². The minimum absolute atomic E-state index is 0.138. The molecule has 0 aliphatic carbocycles. The molecule has 2 N–H and O–H groups in total. The van der Waals surface area contributed by atoms with Gasteiger partial charge in [0.15, 0.2) is 0 Å². The molecule has 2 aliphatic heterocycles. The monoisotopic (exact) mass is 495 g/mol. The predicted molar refractivity (Wildman–Crippen MR) is 138 cm³/mol. The lowest BCUT2D eigenvalue weighted by Gasteiger charge is -2.37. The zero-order valence-electron chi connectivity index (χ0n) is 21.3. The molecular formula is C27H35F2N7. The molecule has 2 saturated heterocycles. The molecule has 7 nitrogen and oxygen atoms in total. The van der Waals surface area contributed by atoms with E-state index < -0.39 is 6.17 Å². The number of nitrogen functional groups attached to an aromatic ring is 1. The number of rotatable bonds is 7. The van der Waals surface area contributed by atoms with E-state index in [0.29, 0.717) is 24.3 Å². The summed E-state index contributed by atoms with van der Waals surface area (Å²) in [4.78, 5) is 17.9. The Morgan fingerprint density at radius 2 is 1.94 bits per heavy atom. The highest BCUT2D eigenvalue weighted by Gasteiger charge is 2.35. The number of aryl methyl sites for hydroxylation is 1. The average molecular weight is 496 g/mol. The van der Waals surface area contributed by atoms with E-state index >= 15 is 4.39 Å². The van der Waals surface area contributed by atoms with Crippen molar-refractivity contribution in [3.63, 3.8) is 0 Å². The Morgan fingerprint density at radius 1 is 1.14 bits per heavy atom. The summed E-state index contributed by atoms with van der Waals surface area (Å²) in [5, 5.41) is 0. The van der Waals surface area contributed by atoms with Crippen LogP contribution in [0.2, 0.25) is 0 Å². The minimum atomic E-state index is -1.11. The number of halogens is 2. The lowest BCUT2D eigenvalue weighted by molar-refractivity contribution is 0.172. The van der Waals surface area contributed by atoms with Gasteiger partial charge in [0, 0.05) is 37.0 Å². The predicted octanol–water partition coefficient (Wildman–Crippen LogP) is 4.53. The van der Waals surface area contributed by atoms with E-state index in [0.717, 1.165) is 54.6 Å². The zero-order valence-corrected chi connectivity index (χ0v) is 21.3. The minimum Gasteiger partial charge on any atom is -0.383 e. The van der Waals surface area contributed by atoms with Gasteiger partial charge in [0.1, 0.15) is 35.8 Å². The van der Waals surface area contributed by atoms with Crippen molar-refractivity contribution in [2.75, 3.05) is 43.4 Å². The van der Waals surface area contributed by atoms with E-state index in [2.05, 4.69) is 19.4 Å². The molecule has 192 valence electrons. The summed E-state index contributed by atoms with van der Waals surface area (Å²) in [6.45, 7) is 10.6. The number of alkyl halides is 1. The van der Waals surface area contributed by atoms with Gasteiger partial charge in [-0.15, -0.1) is 0 Å². The first kappa shape index (κ1) is 24.6. The van der Waals surface area contributed by atoms with Gasteiger partial charge in [-0.3, -0.25) is 0 Å². The lowest BCUT2D eigenvalue weighted by Crippen LogP contribution is -2.43. The molecule has 36 heavy (non-hydrogen) atoms. The van der Waals surface area contributed by atoms with Crippen LogP contribution >= 0.6 is 0 Å². The molecule has 2 fully saturated rings. The lowest BCUT2D eigenvalue weighted by atomic mass is 9.93. The summed E-state index contributed by atoms with van der Waals surface area (Å²) in [5.74, 6) is 1.52. The number of likely N-dealkylation sites (tertiary alicyclic amines) is 1. The number of hydrogen-bond acceptors (Lipinski definition) is 6. The van der Waals surface area contributed by atoms with Crippen molar-refractivity contribution < 1.29 is 8.78 Å². The zero-order chi connectivity index (χ0) is 25.4. The second-order valence-electron chi connectivity index (χ2n) is 10.3. The van der Waals surface area contributed by atoms with Crippen LogP contribution in [-0.4, -0.2) is 63.3 Å². The molecule has 2 unspecified atom stereocenters. The summed E-state index contributed by atoms with van der Waals surface area (Å²) in [5.41, 5.74) is 9.20. The molecule has 0 saturated carbocycles. The fourth-order valence-electron chi connectivity index (χ4n) is 5.30. The third kappa shape index (κ3) is 4.81. The van der Waals surface area contributed by atoms with Crippen molar-refractivity contribution in [2.45, 2.75) is 58.2 Å². The van der Waals surface area contributed by atoms with Crippen LogP contribution in [0.25, 0.3) is 11.3 Å². The summed E-state index contributed by atoms with van der Waals surface area (Å²) in [7, 11) is 0. The third-order valence-electron chi connectivity index (χ3n) is 7.51. The highest BCUT2D eigenvalue weighted by Crippen LogP contribution is 2.36. The van der Waals surface area contributed by atoms with Crippen molar-refractivity contribution in [1.29, 1.82) is 0 Å². The largest absolute Gasteiger partial charge is 0.383 e. The van der Waals surface area contributed by atoms with Crippen LogP contribution in [0.1, 0.15) is 55.5 Å². The normalized spacial score (nSPS) is 20.7. The Hall–Kier alpha value is -3.07. The van der Waals surface area contributed by atoms with Crippen LogP contribution in [0.3, 0.4) is 0 Å². The standard InChI is InChI=1S/C27H35F2N7/c1-17(2)24-25(30)31-16-32-27(24)35-10-7-20(22(29)14-35)26-33-23(19-5-6-21(28)18(3)13-19)15-36(26)12-11-34-8-4-9-34/h5-6,13,15-17,20,22H,4,7-12,14H2,1-3H3,(H2,30,31,32). The van der Waals surface area contributed by atoms with Gasteiger partial charge < -0.3 is 20.1 Å². The highest BCUT2D eigenvalue weighted by molar-refractivity contribution is 5.60. The molecule has 3 aromatic rings. The van der Waals surface area contributed by atoms with E-state index in [1.54, 1.807) is 13.0 Å². The summed E-state index contributed by atoms with van der Waals surface area (Å²) >= 11 is 0. The van der Waals surface area contributed by atoms with Crippen LogP contribution in [0.5, 0.6) is 0 Å². The number of benzene rings is 1. The van der Waals surface area contributed by atoms with E-state index in [9.17, 15) is 4.39 Å². The number of hydrogen-bond donors (Lipinski definition) is 1. The highest BCUT2D eigenvalue weighted by atomic mass is 19.1. The second kappa shape index (κ2) is 10.1. The summed E-state index contributed by atoms with van der Waals surface area (Å²) in [6, 6.07) is 5.03. The molecule has 0 amide bonds. The number of aromatic nitrogens is 4. The second-order valence-corrected chi connectivity index (χ2v) is 10.3. The molecule has 0 bridgehead atoms.